The summed E-state index contributed by atoms with van der Waals surface area (Å²) in [5, 5.41) is 14.3. The second kappa shape index (κ2) is 14.2. The predicted octanol–water partition coefficient (Wildman–Crippen LogP) is 9.94. The van der Waals surface area contributed by atoms with E-state index in [2.05, 4.69) is 117 Å². The Hall–Kier alpha value is -4.62. The maximum atomic E-state index is 5.90. The van der Waals surface area contributed by atoms with Gasteiger partial charge in [-0.15, -0.1) is 0 Å². The van der Waals surface area contributed by atoms with E-state index in [1.807, 2.05) is 18.2 Å². The quantitative estimate of drug-likeness (QED) is 0.106. The molecule has 2 aliphatic rings. The lowest BCUT2D eigenvalue weighted by molar-refractivity contribution is 0.209. The van der Waals surface area contributed by atoms with Crippen LogP contribution in [-0.2, 0) is 0 Å². The molecule has 2 fully saturated rings. The van der Waals surface area contributed by atoms with E-state index in [0.29, 0.717) is 23.7 Å². The Morgan fingerprint density at radius 1 is 0.667 bits per heavy atom. The van der Waals surface area contributed by atoms with Gasteiger partial charge in [0.1, 0.15) is 16.7 Å². The molecule has 6 heteroatoms. The molecule has 0 aliphatic heterocycles. The van der Waals surface area contributed by atoms with Crippen LogP contribution >= 0.6 is 0 Å². The molecule has 5 atom stereocenters. The van der Waals surface area contributed by atoms with Gasteiger partial charge in [0.15, 0.2) is 0 Å². The van der Waals surface area contributed by atoms with Crippen LogP contribution in [0.5, 0.6) is 0 Å². The van der Waals surface area contributed by atoms with Gasteiger partial charge in [-0.25, -0.2) is 0 Å². The van der Waals surface area contributed by atoms with Crippen molar-refractivity contribution in [3.63, 3.8) is 0 Å². The zero-order valence-corrected chi connectivity index (χ0v) is 30.1. The normalized spacial score (nSPS) is 22.7. The Labute approximate surface area is 300 Å². The van der Waals surface area contributed by atoms with E-state index in [-0.39, 0.29) is 18.1 Å². The Morgan fingerprint density at radius 3 is 1.73 bits per heavy atom. The fourth-order valence-corrected chi connectivity index (χ4v) is 8.68. The van der Waals surface area contributed by atoms with E-state index in [0.717, 1.165) is 69.7 Å². The minimum atomic E-state index is 0.177. The van der Waals surface area contributed by atoms with Crippen LogP contribution in [0.1, 0.15) is 49.3 Å². The van der Waals surface area contributed by atoms with E-state index in [4.69, 9.17) is 13.3 Å². The van der Waals surface area contributed by atoms with Crippen molar-refractivity contribution in [2.24, 2.45) is 23.7 Å². The van der Waals surface area contributed by atoms with Crippen LogP contribution in [0.2, 0.25) is 0 Å². The fourth-order valence-electron chi connectivity index (χ4n) is 8.68. The summed E-state index contributed by atoms with van der Waals surface area (Å²) in [6, 6.07) is 26.5. The second-order valence-electron chi connectivity index (χ2n) is 14.6. The molecular formula is C45H49N3O3. The second-order valence-corrected chi connectivity index (χ2v) is 14.6. The van der Waals surface area contributed by atoms with Gasteiger partial charge in [-0.2, -0.15) is 0 Å². The average molecular weight is 680 g/mol. The summed E-state index contributed by atoms with van der Waals surface area (Å²) in [6.07, 6.45) is 14.8. The molecule has 51 heavy (non-hydrogen) atoms. The first-order valence-electron chi connectivity index (χ1n) is 18.5. The van der Waals surface area contributed by atoms with E-state index < -0.39 is 0 Å². The molecule has 2 saturated carbocycles. The van der Waals surface area contributed by atoms with E-state index >= 15 is 0 Å². The first-order valence-corrected chi connectivity index (χ1v) is 18.5. The summed E-state index contributed by atoms with van der Waals surface area (Å²) in [5.41, 5.74) is 10.2. The number of fused-ring (bicyclic) bond motifs is 3. The molecule has 6 nitrogen and oxygen atoms in total. The molecular weight excluding hydrogens is 631 g/mol. The third kappa shape index (κ3) is 6.53. The van der Waals surface area contributed by atoms with Gasteiger partial charge in [-0.3, -0.25) is 0 Å². The van der Waals surface area contributed by atoms with Crippen molar-refractivity contribution >= 4 is 49.6 Å². The monoisotopic (exact) mass is 679 g/mol. The highest BCUT2D eigenvalue weighted by Gasteiger charge is 2.44. The molecule has 0 saturated heterocycles. The van der Waals surface area contributed by atoms with Gasteiger partial charge in [-0.1, -0.05) is 62.1 Å². The van der Waals surface area contributed by atoms with E-state index in [1.54, 1.807) is 18.8 Å². The molecule has 5 unspecified atom stereocenters. The Morgan fingerprint density at radius 2 is 1.20 bits per heavy atom. The van der Waals surface area contributed by atoms with Crippen LogP contribution in [0.25, 0.3) is 49.6 Å². The van der Waals surface area contributed by atoms with Crippen molar-refractivity contribution in [1.82, 2.24) is 16.0 Å². The van der Waals surface area contributed by atoms with Crippen molar-refractivity contribution in [3.05, 3.63) is 127 Å². The lowest BCUT2D eigenvalue weighted by Crippen LogP contribution is -2.42. The summed E-state index contributed by atoms with van der Waals surface area (Å²) >= 11 is 0. The summed E-state index contributed by atoms with van der Waals surface area (Å²) in [4.78, 5) is 0. The molecule has 3 aromatic carbocycles. The van der Waals surface area contributed by atoms with Crippen molar-refractivity contribution in [3.8, 4) is 0 Å². The number of hydrogen-bond acceptors (Lipinski definition) is 6. The summed E-state index contributed by atoms with van der Waals surface area (Å²) in [6.45, 7) is 6.83. The molecule has 3 aromatic heterocycles. The lowest BCUT2D eigenvalue weighted by atomic mass is 9.67. The van der Waals surface area contributed by atoms with Crippen molar-refractivity contribution < 1.29 is 13.3 Å². The molecule has 3 N–H and O–H groups in total. The van der Waals surface area contributed by atoms with Crippen LogP contribution in [-0.4, -0.2) is 39.3 Å². The van der Waals surface area contributed by atoms with Crippen molar-refractivity contribution in [2.45, 2.75) is 50.7 Å². The largest absolute Gasteiger partial charge is 0.464 e. The van der Waals surface area contributed by atoms with Gasteiger partial charge in [-0.05, 0) is 140 Å². The molecule has 0 radical (unpaired) electrons. The van der Waals surface area contributed by atoms with Crippen LogP contribution in [0, 0.1) is 23.7 Å². The molecule has 0 bridgehead atoms. The van der Waals surface area contributed by atoms with Crippen molar-refractivity contribution in [2.75, 3.05) is 21.1 Å². The van der Waals surface area contributed by atoms with E-state index in [1.165, 1.54) is 22.3 Å². The highest BCUT2D eigenvalue weighted by Crippen LogP contribution is 2.49. The first kappa shape index (κ1) is 33.5. The molecule has 2 aliphatic carbocycles. The smallest absolute Gasteiger partial charge is 0.134 e. The van der Waals surface area contributed by atoms with Gasteiger partial charge in [0.2, 0.25) is 0 Å². The number of nitrogens with one attached hydrogen (secondary N) is 3. The Kier molecular flexibility index (Phi) is 9.32. The number of benzene rings is 3. The number of likely N-dealkylation sites (N-methyl/N-ethyl adjacent to an activating group) is 3. The summed E-state index contributed by atoms with van der Waals surface area (Å²) in [7, 11) is 6.25. The predicted molar refractivity (Wildman–Crippen MR) is 210 cm³/mol. The maximum Gasteiger partial charge on any atom is 0.134 e. The number of hydrogen-bond donors (Lipinski definition) is 3. The standard InChI is InChI=1S/C45H49N3O3/c1-6-40(46-3)37(33-11-8-30-14-17-50-42(30)25-33)21-28-19-36(20-28)45(48-5)38(34-12-9-31-15-18-51-43(31)26-34)22-35-23-39(35)44(47-4)27(2)32-10-7-29-13-16-49-41(29)24-32/h7-18,21-22,24-26,28,35-36,39-40,44-48H,2,6,19-20,23H2,1,3-5H3/b37-21-,38-22-. The van der Waals surface area contributed by atoms with Crippen LogP contribution in [0.15, 0.2) is 124 Å². The molecule has 8 rings (SSSR count). The molecule has 3 heterocycles. The molecule has 262 valence electrons. The third-order valence-electron chi connectivity index (χ3n) is 11.7. The van der Waals surface area contributed by atoms with Gasteiger partial charge < -0.3 is 29.2 Å². The first-order chi connectivity index (χ1) is 25.0. The Bertz CT molecular complexity index is 2220. The third-order valence-corrected chi connectivity index (χ3v) is 11.7. The summed E-state index contributed by atoms with van der Waals surface area (Å²) in [5.74, 6) is 1.95. The van der Waals surface area contributed by atoms with Gasteiger partial charge in [0.25, 0.3) is 0 Å². The fraction of sp³-hybridized carbons (Fsp3) is 0.333. The molecule has 0 spiro atoms. The minimum absolute atomic E-state index is 0.177. The highest BCUT2D eigenvalue weighted by molar-refractivity contribution is 5.85. The zero-order chi connectivity index (χ0) is 35.1. The maximum absolute atomic E-state index is 5.90. The minimum Gasteiger partial charge on any atom is -0.464 e. The summed E-state index contributed by atoms with van der Waals surface area (Å²) < 4.78 is 17.4. The number of allylic oxidation sites excluding steroid dienone is 2. The highest BCUT2D eigenvalue weighted by atomic mass is 16.3. The number of rotatable bonds is 14. The zero-order valence-electron chi connectivity index (χ0n) is 30.1. The topological polar surface area (TPSA) is 75.5 Å². The average Bonchev–Trinajstić information content (AvgIpc) is 3.52. The van der Waals surface area contributed by atoms with Crippen LogP contribution in [0.3, 0.4) is 0 Å². The SMILES string of the molecule is C=C(c1ccc2ccoc2c1)C(NC)C1CC1/C=C(/c1ccc2ccoc2c1)C(NC)C1CC(/C=C(/c2ccc3ccoc3c2)C(CC)NC)C1. The lowest BCUT2D eigenvalue weighted by Gasteiger charge is -2.41. The molecule has 0 amide bonds. The van der Waals surface area contributed by atoms with E-state index in [9.17, 15) is 0 Å². The van der Waals surface area contributed by atoms with Gasteiger partial charge in [0, 0.05) is 34.3 Å². The van der Waals surface area contributed by atoms with Crippen LogP contribution < -0.4 is 16.0 Å². The number of furan rings is 3. The van der Waals surface area contributed by atoms with Crippen molar-refractivity contribution in [1.29, 1.82) is 0 Å². The Balaban J connectivity index is 1.06. The van der Waals surface area contributed by atoms with Crippen LogP contribution in [0.4, 0.5) is 0 Å². The van der Waals surface area contributed by atoms with Gasteiger partial charge in [0.05, 0.1) is 18.8 Å². The van der Waals surface area contributed by atoms with Gasteiger partial charge >= 0.3 is 0 Å². The molecule has 6 aromatic rings.